The molecule has 3 aromatic heterocycles. The number of amides is 6. The molecule has 19 nitrogen and oxygen atoms in total. The number of nitrogens with zero attached hydrogens (tertiary/aromatic N) is 10. The second-order valence-electron chi connectivity index (χ2n) is 19.4. The first-order valence-electron chi connectivity index (χ1n) is 24.4. The van der Waals surface area contributed by atoms with Gasteiger partial charge in [-0.25, -0.2) is 19.9 Å². The predicted molar refractivity (Wildman–Crippen MR) is 260 cm³/mol. The SMILES string of the molecule is O=C1CC[C@H](N2C(=O)c3ccc(N4CCC(C(=O)N5CCC(CN6CCN(c7ccc(Nc8ncnc9c8ncn9C8CC(NC(=O)c9cccc(Cl)n9)C8)cc7)CC6)CC5)CC4)cc3C2=O)C(=O)N1. The summed E-state index contributed by atoms with van der Waals surface area (Å²) < 4.78 is 2.06. The average molecular weight is 969 g/mol. The number of hydrogen-bond acceptors (Lipinski definition) is 14. The maximum atomic E-state index is 13.7. The molecule has 0 radical (unpaired) electrons. The first-order chi connectivity index (χ1) is 34.0. The number of carbonyl (C=O) groups excluding carboxylic acids is 6. The predicted octanol–water partition coefficient (Wildman–Crippen LogP) is 4.43. The van der Waals surface area contributed by atoms with Gasteiger partial charge in [0.25, 0.3) is 17.7 Å². The third kappa shape index (κ3) is 9.03. The molecule has 8 heterocycles. The Kier molecular flexibility index (Phi) is 12.4. The summed E-state index contributed by atoms with van der Waals surface area (Å²) in [6.07, 6.45) is 8.47. The Morgan fingerprint density at radius 2 is 1.49 bits per heavy atom. The molecule has 5 aromatic rings. The number of pyridine rings is 1. The minimum atomic E-state index is -0.999. The molecule has 1 atom stereocenters. The van der Waals surface area contributed by atoms with E-state index >= 15 is 0 Å². The molecular formula is C50H54ClN13O6. The summed E-state index contributed by atoms with van der Waals surface area (Å²) in [5.74, 6) is -0.922. The van der Waals surface area contributed by atoms with Crippen LogP contribution in [0, 0.1) is 11.8 Å². The maximum Gasteiger partial charge on any atom is 0.270 e. The molecule has 6 aliphatic rings. The van der Waals surface area contributed by atoms with Crippen LogP contribution in [-0.2, 0) is 14.4 Å². The smallest absolute Gasteiger partial charge is 0.270 e. The molecule has 2 aromatic carbocycles. The van der Waals surface area contributed by atoms with E-state index in [-0.39, 0.29) is 58.9 Å². The highest BCUT2D eigenvalue weighted by Gasteiger charge is 2.45. The number of aromatic nitrogens is 5. The first kappa shape index (κ1) is 45.5. The number of imide groups is 2. The monoisotopic (exact) mass is 967 g/mol. The van der Waals surface area contributed by atoms with Gasteiger partial charge in [0.05, 0.1) is 17.5 Å². The molecule has 20 heteroatoms. The lowest BCUT2D eigenvalue weighted by molar-refractivity contribution is -0.138. The zero-order chi connectivity index (χ0) is 48.0. The molecule has 11 rings (SSSR count). The van der Waals surface area contributed by atoms with Crippen molar-refractivity contribution in [2.75, 3.05) is 74.0 Å². The highest BCUT2D eigenvalue weighted by atomic mass is 35.5. The van der Waals surface area contributed by atoms with Crippen LogP contribution < -0.4 is 25.8 Å². The first-order valence-corrected chi connectivity index (χ1v) is 24.8. The Balaban J connectivity index is 0.602. The number of imidazole rings is 1. The van der Waals surface area contributed by atoms with Crippen LogP contribution in [0.15, 0.2) is 73.3 Å². The van der Waals surface area contributed by atoms with Gasteiger partial charge < -0.3 is 29.9 Å². The van der Waals surface area contributed by atoms with Crippen molar-refractivity contribution in [1.82, 2.24) is 49.8 Å². The second-order valence-corrected chi connectivity index (χ2v) is 19.7. The lowest BCUT2D eigenvalue weighted by Crippen LogP contribution is -2.54. The fourth-order valence-electron chi connectivity index (χ4n) is 11.0. The van der Waals surface area contributed by atoms with E-state index in [9.17, 15) is 28.8 Å². The number of hydrogen-bond donors (Lipinski definition) is 3. The van der Waals surface area contributed by atoms with Gasteiger partial charge in [-0.15, -0.1) is 0 Å². The van der Waals surface area contributed by atoms with Crippen molar-refractivity contribution in [2.24, 2.45) is 11.8 Å². The standard InChI is InChI=1S/C50H54ClN13O6/c51-41-3-1-2-39(57-41)46(66)56-33-24-36(25-33)63-29-54-43-44(52-28-53-45(43)63)55-32-4-6-34(7-5-32)61-22-20-59(21-23-61)27-30-12-16-62(17-13-30)48(68)31-14-18-60(19-15-31)35-8-9-37-38(26-35)50(70)64(49(37)69)40-10-11-42(65)58-47(40)67/h1-9,26,28-31,33,36,40H,10-25,27H2,(H,56,66)(H,52,53,55)(H,58,65,67)/t33?,36?,40-/m0/s1. The quantitative estimate of drug-likeness (QED) is 0.124. The lowest BCUT2D eigenvalue weighted by Gasteiger charge is -2.41. The summed E-state index contributed by atoms with van der Waals surface area (Å²) in [5, 5.41) is 9.01. The molecule has 1 saturated carbocycles. The molecule has 0 unspecified atom stereocenters. The van der Waals surface area contributed by atoms with Crippen LogP contribution in [0.3, 0.4) is 0 Å². The normalized spacial score (nSPS) is 22.6. The van der Waals surface area contributed by atoms with Crippen LogP contribution in [0.2, 0.25) is 5.15 Å². The van der Waals surface area contributed by atoms with Crippen LogP contribution in [0.4, 0.5) is 22.9 Å². The van der Waals surface area contributed by atoms with Gasteiger partial charge in [-0.3, -0.25) is 43.9 Å². The highest BCUT2D eigenvalue weighted by Crippen LogP contribution is 2.37. The Labute approximate surface area is 408 Å². The number of benzene rings is 2. The van der Waals surface area contributed by atoms with Gasteiger partial charge in [0.2, 0.25) is 17.7 Å². The molecule has 70 heavy (non-hydrogen) atoms. The zero-order valence-corrected chi connectivity index (χ0v) is 39.4. The number of carbonyl (C=O) groups is 6. The van der Waals surface area contributed by atoms with E-state index in [0.29, 0.717) is 48.9 Å². The molecule has 5 fully saturated rings. The van der Waals surface area contributed by atoms with Crippen molar-refractivity contribution in [1.29, 1.82) is 0 Å². The fourth-order valence-corrected chi connectivity index (χ4v) is 11.2. The molecule has 5 aliphatic heterocycles. The number of rotatable bonds is 11. The third-order valence-electron chi connectivity index (χ3n) is 15.1. The molecular weight excluding hydrogens is 914 g/mol. The Bertz CT molecular complexity index is 2860. The molecule has 3 N–H and O–H groups in total. The Morgan fingerprint density at radius 3 is 2.23 bits per heavy atom. The molecule has 0 bridgehead atoms. The summed E-state index contributed by atoms with van der Waals surface area (Å²) in [6, 6.07) is 17.8. The van der Waals surface area contributed by atoms with Crippen molar-refractivity contribution < 1.29 is 28.8 Å². The lowest BCUT2D eigenvalue weighted by atomic mass is 9.86. The number of fused-ring (bicyclic) bond motifs is 2. The average Bonchev–Trinajstić information content (AvgIpc) is 3.90. The zero-order valence-electron chi connectivity index (χ0n) is 38.6. The Morgan fingerprint density at radius 1 is 0.757 bits per heavy atom. The highest BCUT2D eigenvalue weighted by molar-refractivity contribution is 6.29. The van der Waals surface area contributed by atoms with Crippen molar-refractivity contribution in [3.05, 3.63) is 95.3 Å². The van der Waals surface area contributed by atoms with Crippen LogP contribution in [0.1, 0.15) is 88.6 Å². The number of likely N-dealkylation sites (tertiary alicyclic amines) is 1. The number of piperazine rings is 1. The van der Waals surface area contributed by atoms with E-state index in [1.165, 1.54) is 5.69 Å². The van der Waals surface area contributed by atoms with Gasteiger partial charge in [0.15, 0.2) is 17.0 Å². The van der Waals surface area contributed by atoms with Crippen molar-refractivity contribution in [2.45, 2.75) is 69.5 Å². The molecule has 6 amide bonds. The summed E-state index contributed by atoms with van der Waals surface area (Å²) >= 11 is 5.96. The van der Waals surface area contributed by atoms with Crippen LogP contribution in [0.5, 0.6) is 0 Å². The second kappa shape index (κ2) is 19.1. The van der Waals surface area contributed by atoms with Crippen molar-refractivity contribution in [3.8, 4) is 0 Å². The van der Waals surface area contributed by atoms with Crippen molar-refractivity contribution >= 4 is 81.1 Å². The number of halogens is 1. The number of anilines is 4. The maximum absolute atomic E-state index is 13.7. The summed E-state index contributed by atoms with van der Waals surface area (Å²) in [6.45, 7) is 7.78. The molecule has 1 aliphatic carbocycles. The van der Waals surface area contributed by atoms with E-state index in [1.54, 1.807) is 43.0 Å². The van der Waals surface area contributed by atoms with E-state index in [4.69, 9.17) is 11.6 Å². The Hall–Kier alpha value is -6.99. The van der Waals surface area contributed by atoms with Gasteiger partial charge in [0, 0.05) is 100 Å². The third-order valence-corrected chi connectivity index (χ3v) is 15.3. The molecule has 4 saturated heterocycles. The van der Waals surface area contributed by atoms with Crippen LogP contribution >= 0.6 is 11.6 Å². The van der Waals surface area contributed by atoms with E-state index in [0.717, 1.165) is 93.4 Å². The minimum absolute atomic E-state index is 0.0211. The number of nitrogens with one attached hydrogen (secondary N) is 3. The van der Waals surface area contributed by atoms with Crippen LogP contribution in [-0.4, -0.2) is 146 Å². The van der Waals surface area contributed by atoms with Gasteiger partial charge >= 0.3 is 0 Å². The van der Waals surface area contributed by atoms with Gasteiger partial charge in [-0.1, -0.05) is 17.7 Å². The summed E-state index contributed by atoms with van der Waals surface area (Å²) in [5.41, 5.74) is 5.15. The topological polar surface area (TPSA) is 211 Å². The van der Waals surface area contributed by atoms with E-state index < -0.39 is 29.7 Å². The van der Waals surface area contributed by atoms with E-state index in [2.05, 4.69) is 84.3 Å². The molecule has 0 spiro atoms. The van der Waals surface area contributed by atoms with E-state index in [1.807, 2.05) is 6.07 Å². The van der Waals surface area contributed by atoms with Crippen LogP contribution in [0.25, 0.3) is 11.2 Å². The molecule has 362 valence electrons. The largest absolute Gasteiger partial charge is 0.371 e. The van der Waals surface area contributed by atoms with Gasteiger partial charge in [-0.05, 0) is 105 Å². The summed E-state index contributed by atoms with van der Waals surface area (Å²) in [4.78, 5) is 105. The minimum Gasteiger partial charge on any atom is -0.371 e. The fraction of sp³-hybridized carbons (Fsp3) is 0.440. The van der Waals surface area contributed by atoms with Crippen molar-refractivity contribution in [3.63, 3.8) is 0 Å². The van der Waals surface area contributed by atoms with Gasteiger partial charge in [-0.2, -0.15) is 0 Å². The summed E-state index contributed by atoms with van der Waals surface area (Å²) in [7, 11) is 0. The number of piperidine rings is 3. The van der Waals surface area contributed by atoms with Gasteiger partial charge in [0.1, 0.15) is 23.2 Å².